The van der Waals surface area contributed by atoms with E-state index in [0.29, 0.717) is 30.6 Å². The minimum absolute atomic E-state index is 0.0729. The van der Waals surface area contributed by atoms with E-state index in [1.807, 2.05) is 21.9 Å². The minimum Gasteiger partial charge on any atom is -0.328 e. The summed E-state index contributed by atoms with van der Waals surface area (Å²) >= 11 is 0. The highest BCUT2D eigenvalue weighted by atomic mass is 19.4. The first-order valence-electron chi connectivity index (χ1n) is 13.6. The van der Waals surface area contributed by atoms with Gasteiger partial charge in [0.1, 0.15) is 11.6 Å². The van der Waals surface area contributed by atoms with Crippen molar-refractivity contribution >= 4 is 17.6 Å². The summed E-state index contributed by atoms with van der Waals surface area (Å²) in [7, 11) is 0. The number of nitrogens with zero attached hydrogens (tertiary/aromatic N) is 5. The number of amides is 3. The van der Waals surface area contributed by atoms with Crippen molar-refractivity contribution in [2.75, 3.05) is 37.6 Å². The molecule has 2 aliphatic carbocycles. The lowest BCUT2D eigenvalue weighted by Gasteiger charge is -2.59. The molecule has 1 atom stereocenters. The summed E-state index contributed by atoms with van der Waals surface area (Å²) in [5, 5.41) is 8.66. The molecule has 3 amide bonds. The molecule has 1 aromatic heterocycles. The van der Waals surface area contributed by atoms with Gasteiger partial charge in [0.25, 0.3) is 0 Å². The number of halogens is 3. The Labute approximate surface area is 218 Å². The summed E-state index contributed by atoms with van der Waals surface area (Å²) in [6.07, 6.45) is -0.369. The third kappa shape index (κ3) is 4.14. The fourth-order valence-electron chi connectivity index (χ4n) is 6.71. The van der Waals surface area contributed by atoms with E-state index in [4.69, 9.17) is 0 Å². The van der Waals surface area contributed by atoms with Gasteiger partial charge in [0.15, 0.2) is 0 Å². The molecular formula is C27H31F3N6O2. The van der Waals surface area contributed by atoms with Gasteiger partial charge in [0.2, 0.25) is 5.91 Å². The predicted molar refractivity (Wildman–Crippen MR) is 132 cm³/mol. The average molecular weight is 529 g/mol. The van der Waals surface area contributed by atoms with Crippen LogP contribution in [0, 0.1) is 11.3 Å². The number of H-pyrrole nitrogens is 1. The highest BCUT2D eigenvalue weighted by molar-refractivity contribution is 5.94. The molecule has 5 aliphatic rings. The van der Waals surface area contributed by atoms with Crippen molar-refractivity contribution in [1.29, 1.82) is 0 Å². The highest BCUT2D eigenvalue weighted by Crippen LogP contribution is 2.56. The van der Waals surface area contributed by atoms with E-state index < -0.39 is 24.4 Å². The minimum atomic E-state index is -4.33. The molecule has 5 fully saturated rings. The van der Waals surface area contributed by atoms with Gasteiger partial charge in [-0.3, -0.25) is 4.79 Å². The number of carbonyl (C=O) groups is 2. The maximum atomic E-state index is 13.0. The third-order valence-corrected chi connectivity index (χ3v) is 9.27. The number of carbonyl (C=O) groups excluding carboxylic acids is 2. The molecule has 1 spiro atoms. The molecule has 2 saturated carbocycles. The first-order valence-corrected chi connectivity index (χ1v) is 13.6. The Morgan fingerprint density at radius 3 is 2.18 bits per heavy atom. The van der Waals surface area contributed by atoms with Gasteiger partial charge >= 0.3 is 12.2 Å². The van der Waals surface area contributed by atoms with Crippen LogP contribution in [0.25, 0.3) is 0 Å². The maximum absolute atomic E-state index is 13.0. The molecule has 2 aromatic rings. The van der Waals surface area contributed by atoms with Crippen LogP contribution >= 0.6 is 0 Å². The molecule has 11 heteroatoms. The first kappa shape index (κ1) is 24.0. The van der Waals surface area contributed by atoms with Crippen molar-refractivity contribution in [3.63, 3.8) is 0 Å². The van der Waals surface area contributed by atoms with Crippen molar-refractivity contribution < 1.29 is 22.8 Å². The van der Waals surface area contributed by atoms with Crippen molar-refractivity contribution in [3.05, 3.63) is 41.5 Å². The third-order valence-electron chi connectivity index (χ3n) is 9.27. The van der Waals surface area contributed by atoms with Gasteiger partial charge in [-0.25, -0.2) is 4.79 Å². The molecule has 3 saturated heterocycles. The highest BCUT2D eigenvalue weighted by Gasteiger charge is 2.56. The van der Waals surface area contributed by atoms with Crippen LogP contribution in [-0.2, 0) is 4.79 Å². The second kappa shape index (κ2) is 8.44. The van der Waals surface area contributed by atoms with E-state index in [0.717, 1.165) is 43.1 Å². The van der Waals surface area contributed by atoms with Crippen LogP contribution in [0.15, 0.2) is 24.3 Å². The molecule has 202 valence electrons. The molecule has 0 radical (unpaired) electrons. The number of hydrogen-bond acceptors (Lipinski definition) is 4. The number of alkyl halides is 3. The summed E-state index contributed by atoms with van der Waals surface area (Å²) in [6.45, 7) is 3.00. The second-order valence-electron chi connectivity index (χ2n) is 12.1. The summed E-state index contributed by atoms with van der Waals surface area (Å²) in [5.41, 5.74) is 1.94. The van der Waals surface area contributed by atoms with Gasteiger partial charge in [-0.15, -0.1) is 10.2 Å². The van der Waals surface area contributed by atoms with Crippen LogP contribution in [0.1, 0.15) is 73.5 Å². The Hall–Kier alpha value is -3.11. The number of aromatic amines is 1. The van der Waals surface area contributed by atoms with Crippen LogP contribution < -0.4 is 4.90 Å². The van der Waals surface area contributed by atoms with E-state index in [9.17, 15) is 22.8 Å². The molecule has 3 aliphatic heterocycles. The predicted octanol–water partition coefficient (Wildman–Crippen LogP) is 4.39. The van der Waals surface area contributed by atoms with Crippen molar-refractivity contribution in [2.45, 2.75) is 62.5 Å². The number of rotatable bonds is 4. The number of nitrogens with one attached hydrogen (secondary N) is 1. The Morgan fingerprint density at radius 2 is 1.58 bits per heavy atom. The second-order valence-corrected chi connectivity index (χ2v) is 12.1. The van der Waals surface area contributed by atoms with E-state index >= 15 is 0 Å². The average Bonchev–Trinajstić information content (AvgIpc) is 3.54. The van der Waals surface area contributed by atoms with Crippen LogP contribution in [0.3, 0.4) is 0 Å². The normalized spacial score (nSPS) is 25.8. The lowest BCUT2D eigenvalue weighted by molar-refractivity contribution is -0.182. The van der Waals surface area contributed by atoms with Gasteiger partial charge in [0.05, 0.1) is 5.92 Å². The number of likely N-dealkylation sites (tertiary alicyclic amines) is 2. The number of urea groups is 1. The molecule has 1 aromatic carbocycles. The smallest absolute Gasteiger partial charge is 0.328 e. The van der Waals surface area contributed by atoms with E-state index in [1.54, 1.807) is 12.1 Å². The summed E-state index contributed by atoms with van der Waals surface area (Å²) in [6, 6.07) is 7.56. The zero-order valence-corrected chi connectivity index (χ0v) is 21.1. The van der Waals surface area contributed by atoms with Crippen LogP contribution in [0.5, 0.6) is 0 Å². The maximum Gasteiger partial charge on any atom is 0.392 e. The van der Waals surface area contributed by atoms with Crippen molar-refractivity contribution in [3.8, 4) is 0 Å². The fraction of sp³-hybridized carbons (Fsp3) is 0.630. The first-order chi connectivity index (χ1) is 18.2. The zero-order chi connectivity index (χ0) is 26.2. The molecule has 1 N–H and O–H groups in total. The van der Waals surface area contributed by atoms with Gasteiger partial charge in [-0.2, -0.15) is 13.2 Å². The number of aromatic nitrogens is 3. The lowest BCUT2D eigenvalue weighted by atomic mass is 9.57. The van der Waals surface area contributed by atoms with Gasteiger partial charge in [-0.1, -0.05) is 12.1 Å². The largest absolute Gasteiger partial charge is 0.392 e. The van der Waals surface area contributed by atoms with Gasteiger partial charge in [0, 0.05) is 68.0 Å². The van der Waals surface area contributed by atoms with Crippen LogP contribution in [0.2, 0.25) is 0 Å². The topological polar surface area (TPSA) is 85.4 Å². The fourth-order valence-corrected chi connectivity index (χ4v) is 6.71. The molecule has 38 heavy (non-hydrogen) atoms. The molecule has 4 heterocycles. The van der Waals surface area contributed by atoms with E-state index in [-0.39, 0.29) is 30.3 Å². The number of hydrogen-bond donors (Lipinski definition) is 1. The van der Waals surface area contributed by atoms with E-state index in [2.05, 4.69) is 15.2 Å². The molecular weight excluding hydrogens is 497 g/mol. The SMILES string of the molecule is O=C(N1CC(c2ccc(N3CC[C@H](C(F)(F)F)CC3=O)cc2)C1)N1CC2(CC(c3nnc(C4CC4)[nH]3)C2)C1. The Balaban J connectivity index is 0.868. The molecule has 0 bridgehead atoms. The van der Waals surface area contributed by atoms with Crippen molar-refractivity contribution in [1.82, 2.24) is 25.0 Å². The number of piperidine rings is 1. The summed E-state index contributed by atoms with van der Waals surface area (Å²) in [4.78, 5) is 33.9. The van der Waals surface area contributed by atoms with Crippen molar-refractivity contribution in [2.24, 2.45) is 11.3 Å². The van der Waals surface area contributed by atoms with Crippen LogP contribution in [0.4, 0.5) is 23.7 Å². The molecule has 0 unspecified atom stereocenters. The zero-order valence-electron chi connectivity index (χ0n) is 21.1. The van der Waals surface area contributed by atoms with E-state index in [1.165, 1.54) is 17.7 Å². The standard InChI is InChI=1S/C27H31F3N6O2/c28-27(29,30)20-7-8-36(22(37)9-20)21-5-3-16(4-6-21)19-12-34(13-19)25(38)35-14-26(15-35)10-18(11-26)24-31-23(32-33-24)17-1-2-17/h3-6,17-20H,1-2,7-15H2,(H,31,32,33)/t20-/m0/s1. The molecule has 7 rings (SSSR count). The summed E-state index contributed by atoms with van der Waals surface area (Å²) in [5.74, 6) is 1.24. The number of anilines is 1. The Bertz CT molecular complexity index is 1240. The van der Waals surface area contributed by atoms with Crippen LogP contribution in [-0.4, -0.2) is 75.8 Å². The summed E-state index contributed by atoms with van der Waals surface area (Å²) < 4.78 is 38.9. The Kier molecular flexibility index (Phi) is 5.33. The molecule has 8 nitrogen and oxygen atoms in total. The monoisotopic (exact) mass is 528 g/mol. The lowest BCUT2D eigenvalue weighted by Crippen LogP contribution is -2.67. The quantitative estimate of drug-likeness (QED) is 0.638. The Morgan fingerprint density at radius 1 is 0.921 bits per heavy atom. The van der Waals surface area contributed by atoms with Gasteiger partial charge < -0.3 is 19.7 Å². The number of benzene rings is 1. The van der Waals surface area contributed by atoms with Gasteiger partial charge in [-0.05, 0) is 49.8 Å².